The van der Waals surface area contributed by atoms with Crippen molar-refractivity contribution in [2.24, 2.45) is 19.2 Å². The molecule has 0 unspecified atom stereocenters. The fourth-order valence-corrected chi connectivity index (χ4v) is 3.41. The molecule has 0 spiro atoms. The SMILES string of the molecule is Cn1c(=NNc2ccc(N3CCNCC3)cc2)n(C)c2ccccc21. The first-order chi connectivity index (χ1) is 12.2. The summed E-state index contributed by atoms with van der Waals surface area (Å²) in [6.45, 7) is 4.21. The van der Waals surface area contributed by atoms with Crippen molar-refractivity contribution < 1.29 is 0 Å². The fourth-order valence-electron chi connectivity index (χ4n) is 3.41. The third-order valence-electron chi connectivity index (χ3n) is 4.84. The highest BCUT2D eigenvalue weighted by Crippen LogP contribution is 2.18. The number of anilines is 2. The zero-order valence-corrected chi connectivity index (χ0v) is 14.7. The van der Waals surface area contributed by atoms with Crippen molar-refractivity contribution in [3.8, 4) is 0 Å². The molecule has 2 N–H and O–H groups in total. The van der Waals surface area contributed by atoms with E-state index >= 15 is 0 Å². The third-order valence-corrected chi connectivity index (χ3v) is 4.84. The monoisotopic (exact) mass is 336 g/mol. The lowest BCUT2D eigenvalue weighted by molar-refractivity contribution is 0.589. The molecule has 0 saturated carbocycles. The minimum absolute atomic E-state index is 0.882. The van der Waals surface area contributed by atoms with E-state index in [9.17, 15) is 0 Å². The summed E-state index contributed by atoms with van der Waals surface area (Å²) in [5, 5.41) is 7.99. The Hall–Kier alpha value is -2.73. The molecule has 3 aromatic rings. The second-order valence-corrected chi connectivity index (χ2v) is 6.41. The van der Waals surface area contributed by atoms with Gasteiger partial charge >= 0.3 is 0 Å². The van der Waals surface area contributed by atoms with Gasteiger partial charge in [-0.25, -0.2) is 0 Å². The molecule has 6 heteroatoms. The first-order valence-electron chi connectivity index (χ1n) is 8.70. The maximum absolute atomic E-state index is 4.61. The topological polar surface area (TPSA) is 49.5 Å². The number of fused-ring (bicyclic) bond motifs is 1. The minimum Gasteiger partial charge on any atom is -0.369 e. The third kappa shape index (κ3) is 3.00. The zero-order chi connectivity index (χ0) is 17.2. The average molecular weight is 336 g/mol. The summed E-state index contributed by atoms with van der Waals surface area (Å²) < 4.78 is 4.19. The second kappa shape index (κ2) is 6.64. The van der Waals surface area contributed by atoms with Crippen LogP contribution >= 0.6 is 0 Å². The summed E-state index contributed by atoms with van der Waals surface area (Å²) in [6, 6.07) is 16.8. The van der Waals surface area contributed by atoms with Crippen LogP contribution in [0, 0.1) is 0 Å². The summed E-state index contributed by atoms with van der Waals surface area (Å²) in [6.07, 6.45) is 0. The molecule has 1 aliphatic heterocycles. The molecule has 1 saturated heterocycles. The van der Waals surface area contributed by atoms with Crippen LogP contribution in [0.25, 0.3) is 11.0 Å². The normalized spacial score (nSPS) is 14.7. The van der Waals surface area contributed by atoms with Gasteiger partial charge in [0.1, 0.15) is 0 Å². The van der Waals surface area contributed by atoms with Crippen LogP contribution < -0.4 is 21.3 Å². The van der Waals surface area contributed by atoms with Gasteiger partial charge in [-0.3, -0.25) is 5.43 Å². The first-order valence-corrected chi connectivity index (χ1v) is 8.70. The number of benzene rings is 2. The van der Waals surface area contributed by atoms with Crippen LogP contribution in [0.5, 0.6) is 0 Å². The zero-order valence-electron chi connectivity index (χ0n) is 14.7. The molecule has 0 atom stereocenters. The van der Waals surface area contributed by atoms with Crippen molar-refractivity contribution in [1.82, 2.24) is 14.5 Å². The van der Waals surface area contributed by atoms with E-state index in [4.69, 9.17) is 0 Å². The molecule has 0 bridgehead atoms. The van der Waals surface area contributed by atoms with Gasteiger partial charge in [-0.05, 0) is 36.4 Å². The number of hydrogen-bond acceptors (Lipinski definition) is 4. The molecule has 2 heterocycles. The molecule has 2 aromatic carbocycles. The summed E-state index contributed by atoms with van der Waals surface area (Å²) >= 11 is 0. The van der Waals surface area contributed by atoms with E-state index in [1.54, 1.807) is 0 Å². The van der Waals surface area contributed by atoms with Gasteiger partial charge in [0.25, 0.3) is 0 Å². The van der Waals surface area contributed by atoms with Crippen molar-refractivity contribution in [3.05, 3.63) is 54.1 Å². The molecule has 0 aliphatic carbocycles. The van der Waals surface area contributed by atoms with Crippen LogP contribution in [0.3, 0.4) is 0 Å². The van der Waals surface area contributed by atoms with Crippen LogP contribution in [0.15, 0.2) is 53.6 Å². The van der Waals surface area contributed by atoms with E-state index < -0.39 is 0 Å². The number of rotatable bonds is 3. The number of imidazole rings is 1. The lowest BCUT2D eigenvalue weighted by atomic mass is 10.2. The molecule has 0 amide bonds. The van der Waals surface area contributed by atoms with Crippen molar-refractivity contribution >= 4 is 22.4 Å². The number of piperazine rings is 1. The molecule has 1 fully saturated rings. The highest BCUT2D eigenvalue weighted by atomic mass is 15.3. The Morgan fingerprint density at radius 3 is 2.08 bits per heavy atom. The Bertz CT molecular complexity index is 887. The Balaban J connectivity index is 1.57. The van der Waals surface area contributed by atoms with Gasteiger partial charge in [-0.1, -0.05) is 12.1 Å². The lowest BCUT2D eigenvalue weighted by Crippen LogP contribution is -2.43. The van der Waals surface area contributed by atoms with Gasteiger partial charge in [-0.15, -0.1) is 5.10 Å². The molecule has 6 nitrogen and oxygen atoms in total. The van der Waals surface area contributed by atoms with E-state index in [-0.39, 0.29) is 0 Å². The van der Waals surface area contributed by atoms with Crippen molar-refractivity contribution in [2.75, 3.05) is 36.5 Å². The molecular formula is C19H24N6. The van der Waals surface area contributed by atoms with Crippen LogP contribution in [0.2, 0.25) is 0 Å². The fraction of sp³-hybridized carbons (Fsp3) is 0.316. The number of aryl methyl sites for hydroxylation is 2. The standard InChI is InChI=1S/C19H24N6/c1-23-17-5-3-4-6-18(17)24(2)19(23)22-21-15-7-9-16(10-8-15)25-13-11-20-12-14-25/h3-10,20-21H,11-14H2,1-2H3. The van der Waals surface area contributed by atoms with E-state index in [2.05, 4.69) is 66.3 Å². The molecule has 25 heavy (non-hydrogen) atoms. The lowest BCUT2D eigenvalue weighted by Gasteiger charge is -2.29. The summed E-state index contributed by atoms with van der Waals surface area (Å²) in [5.41, 5.74) is 8.66. The van der Waals surface area contributed by atoms with Crippen LogP contribution in [-0.2, 0) is 14.1 Å². The first kappa shape index (κ1) is 15.8. The number of nitrogens with zero attached hydrogens (tertiary/aromatic N) is 4. The largest absolute Gasteiger partial charge is 0.369 e. The highest BCUT2D eigenvalue weighted by molar-refractivity contribution is 5.75. The molecule has 4 rings (SSSR count). The van der Waals surface area contributed by atoms with E-state index in [0.29, 0.717) is 0 Å². The van der Waals surface area contributed by atoms with E-state index in [0.717, 1.165) is 37.5 Å². The molecular weight excluding hydrogens is 312 g/mol. The van der Waals surface area contributed by atoms with Gasteiger partial charge in [0.05, 0.1) is 16.7 Å². The molecule has 1 aliphatic rings. The summed E-state index contributed by atoms with van der Waals surface area (Å²) in [5.74, 6) is 0. The predicted molar refractivity (Wildman–Crippen MR) is 103 cm³/mol. The van der Waals surface area contributed by atoms with Crippen molar-refractivity contribution in [1.29, 1.82) is 0 Å². The highest BCUT2D eigenvalue weighted by Gasteiger charge is 2.10. The summed E-state index contributed by atoms with van der Waals surface area (Å²) in [7, 11) is 4.08. The molecule has 0 radical (unpaired) electrons. The average Bonchev–Trinajstić information content (AvgIpc) is 2.92. The number of hydrogen-bond donors (Lipinski definition) is 2. The van der Waals surface area contributed by atoms with Crippen LogP contribution in [0.1, 0.15) is 0 Å². The molecule has 130 valence electrons. The smallest absolute Gasteiger partial charge is 0.227 e. The van der Waals surface area contributed by atoms with Crippen LogP contribution in [-0.4, -0.2) is 35.3 Å². The van der Waals surface area contributed by atoms with Crippen molar-refractivity contribution in [2.45, 2.75) is 0 Å². The number of aromatic nitrogens is 2. The number of para-hydroxylation sites is 2. The summed E-state index contributed by atoms with van der Waals surface area (Å²) in [4.78, 5) is 2.40. The van der Waals surface area contributed by atoms with E-state index in [1.807, 2.05) is 26.2 Å². The Kier molecular flexibility index (Phi) is 4.19. The van der Waals surface area contributed by atoms with E-state index in [1.165, 1.54) is 16.7 Å². The van der Waals surface area contributed by atoms with Gasteiger partial charge in [0.15, 0.2) is 0 Å². The maximum Gasteiger partial charge on any atom is 0.227 e. The molecule has 1 aromatic heterocycles. The van der Waals surface area contributed by atoms with Gasteiger partial charge in [-0.2, -0.15) is 0 Å². The Labute approximate surface area is 147 Å². The predicted octanol–water partition coefficient (Wildman–Crippen LogP) is 1.85. The van der Waals surface area contributed by atoms with Gasteiger partial charge < -0.3 is 19.4 Å². The minimum atomic E-state index is 0.882. The van der Waals surface area contributed by atoms with Crippen LogP contribution in [0.4, 0.5) is 11.4 Å². The second-order valence-electron chi connectivity index (χ2n) is 6.41. The Morgan fingerprint density at radius 1 is 0.880 bits per heavy atom. The van der Waals surface area contributed by atoms with Crippen molar-refractivity contribution in [3.63, 3.8) is 0 Å². The number of nitrogens with one attached hydrogen (secondary N) is 2. The van der Waals surface area contributed by atoms with Gasteiger partial charge in [0.2, 0.25) is 5.62 Å². The van der Waals surface area contributed by atoms with Gasteiger partial charge in [0, 0.05) is 46.0 Å². The maximum atomic E-state index is 4.61. The quantitative estimate of drug-likeness (QED) is 0.718. The Morgan fingerprint density at radius 2 is 1.48 bits per heavy atom.